The maximum absolute atomic E-state index is 11.6. The summed E-state index contributed by atoms with van der Waals surface area (Å²) in [6.45, 7) is 4.70. The summed E-state index contributed by atoms with van der Waals surface area (Å²) in [5.41, 5.74) is 2.07. The second-order valence-electron chi connectivity index (χ2n) is 4.41. The number of carbonyl (C=O) groups is 1. The van der Waals surface area contributed by atoms with E-state index in [9.17, 15) is 4.79 Å². The zero-order valence-electron chi connectivity index (χ0n) is 11.4. The van der Waals surface area contributed by atoms with Gasteiger partial charge in [-0.05, 0) is 25.0 Å². The van der Waals surface area contributed by atoms with Crippen LogP contribution in [0, 0.1) is 6.92 Å². The lowest BCUT2D eigenvalue weighted by Crippen LogP contribution is -2.37. The Morgan fingerprint density at radius 2 is 2.28 bits per heavy atom. The molecule has 1 heterocycles. The van der Waals surface area contributed by atoms with Crippen molar-refractivity contribution in [3.05, 3.63) is 29.6 Å². The molecule has 0 radical (unpaired) electrons. The van der Waals surface area contributed by atoms with Crippen molar-refractivity contribution in [2.45, 2.75) is 45.7 Å². The summed E-state index contributed by atoms with van der Waals surface area (Å²) >= 11 is 0. The molecule has 4 nitrogen and oxygen atoms in total. The Balaban J connectivity index is 2.50. The largest absolute Gasteiger partial charge is 0.468 e. The van der Waals surface area contributed by atoms with E-state index in [1.165, 1.54) is 7.11 Å². The first kappa shape index (κ1) is 14.6. The number of nitrogens with one attached hydrogen (secondary N) is 1. The number of unbranched alkanes of at least 4 members (excludes halogenated alkanes) is 1. The Morgan fingerprint density at radius 1 is 1.50 bits per heavy atom. The quantitative estimate of drug-likeness (QED) is 0.754. The molecule has 1 atom stereocenters. The number of aryl methyl sites for hydroxylation is 1. The number of hydrogen-bond donors (Lipinski definition) is 1. The molecule has 0 saturated heterocycles. The lowest BCUT2D eigenvalue weighted by atomic mass is 10.1. The van der Waals surface area contributed by atoms with E-state index >= 15 is 0 Å². The van der Waals surface area contributed by atoms with Gasteiger partial charge in [0.25, 0.3) is 0 Å². The highest BCUT2D eigenvalue weighted by atomic mass is 16.5. The van der Waals surface area contributed by atoms with Crippen molar-refractivity contribution in [1.29, 1.82) is 0 Å². The Hall–Kier alpha value is -1.42. The second-order valence-corrected chi connectivity index (χ2v) is 4.41. The first-order valence-corrected chi connectivity index (χ1v) is 6.40. The number of carbonyl (C=O) groups excluding carboxylic acids is 1. The number of hydrogen-bond acceptors (Lipinski definition) is 4. The molecule has 4 heteroatoms. The number of nitrogens with zero attached hydrogens (tertiary/aromatic N) is 1. The van der Waals surface area contributed by atoms with E-state index < -0.39 is 0 Å². The van der Waals surface area contributed by atoms with E-state index in [1.807, 2.05) is 25.3 Å². The van der Waals surface area contributed by atoms with Crippen LogP contribution in [0.2, 0.25) is 0 Å². The number of rotatable bonds is 7. The Bertz CT molecular complexity index is 363. The predicted octanol–water partition coefficient (Wildman–Crippen LogP) is 2.21. The van der Waals surface area contributed by atoms with Crippen LogP contribution in [0.1, 0.15) is 37.4 Å². The molecule has 1 aromatic heterocycles. The van der Waals surface area contributed by atoms with Crippen molar-refractivity contribution in [2.24, 2.45) is 0 Å². The molecule has 18 heavy (non-hydrogen) atoms. The minimum absolute atomic E-state index is 0.191. The van der Waals surface area contributed by atoms with E-state index in [1.54, 1.807) is 0 Å². The smallest absolute Gasteiger partial charge is 0.322 e. The summed E-state index contributed by atoms with van der Waals surface area (Å²) in [7, 11) is 1.43. The molecule has 1 aromatic rings. The first-order valence-electron chi connectivity index (χ1n) is 6.40. The minimum atomic E-state index is -0.226. The van der Waals surface area contributed by atoms with Gasteiger partial charge in [0.1, 0.15) is 6.04 Å². The van der Waals surface area contributed by atoms with Crippen molar-refractivity contribution in [3.63, 3.8) is 0 Å². The number of aromatic nitrogens is 1. The van der Waals surface area contributed by atoms with Gasteiger partial charge in [0.2, 0.25) is 0 Å². The highest BCUT2D eigenvalue weighted by Crippen LogP contribution is 2.05. The molecular weight excluding hydrogens is 228 g/mol. The van der Waals surface area contributed by atoms with Crippen LogP contribution in [0.15, 0.2) is 18.3 Å². The fourth-order valence-corrected chi connectivity index (χ4v) is 1.70. The summed E-state index contributed by atoms with van der Waals surface area (Å²) in [5.74, 6) is -0.191. The monoisotopic (exact) mass is 250 g/mol. The number of esters is 1. The summed E-state index contributed by atoms with van der Waals surface area (Å²) in [6.07, 6.45) is 4.72. The summed E-state index contributed by atoms with van der Waals surface area (Å²) in [6, 6.07) is 3.76. The zero-order chi connectivity index (χ0) is 13.4. The molecule has 0 aliphatic rings. The van der Waals surface area contributed by atoms with Crippen LogP contribution in [0.3, 0.4) is 0 Å². The van der Waals surface area contributed by atoms with Crippen molar-refractivity contribution in [2.75, 3.05) is 7.11 Å². The third-order valence-corrected chi connectivity index (χ3v) is 2.86. The molecule has 1 rings (SSSR count). The molecule has 1 unspecified atom stereocenters. The molecular formula is C14H22N2O2. The average molecular weight is 250 g/mol. The van der Waals surface area contributed by atoms with E-state index in [4.69, 9.17) is 4.74 Å². The molecule has 0 amide bonds. The van der Waals surface area contributed by atoms with Gasteiger partial charge in [-0.2, -0.15) is 0 Å². The van der Waals surface area contributed by atoms with E-state index in [0.717, 1.165) is 30.5 Å². The van der Waals surface area contributed by atoms with Gasteiger partial charge in [-0.15, -0.1) is 0 Å². The van der Waals surface area contributed by atoms with Crippen LogP contribution in [0.25, 0.3) is 0 Å². The van der Waals surface area contributed by atoms with Gasteiger partial charge < -0.3 is 10.1 Å². The second kappa shape index (κ2) is 7.82. The standard InChI is InChI=1S/C14H22N2O2/c1-4-5-6-13(14(17)18-3)16-10-12-8-7-11(2)15-9-12/h7-9,13,16H,4-6,10H2,1-3H3. The molecule has 0 aliphatic carbocycles. The topological polar surface area (TPSA) is 51.2 Å². The van der Waals surface area contributed by atoms with Gasteiger partial charge >= 0.3 is 5.97 Å². The van der Waals surface area contributed by atoms with Gasteiger partial charge in [0, 0.05) is 18.4 Å². The van der Waals surface area contributed by atoms with Crippen molar-refractivity contribution in [3.8, 4) is 0 Å². The van der Waals surface area contributed by atoms with Gasteiger partial charge in [-0.1, -0.05) is 25.8 Å². The van der Waals surface area contributed by atoms with Gasteiger partial charge in [0.15, 0.2) is 0 Å². The highest BCUT2D eigenvalue weighted by molar-refractivity contribution is 5.75. The summed E-state index contributed by atoms with van der Waals surface area (Å²) < 4.78 is 4.80. The van der Waals surface area contributed by atoms with Crippen LogP contribution >= 0.6 is 0 Å². The number of methoxy groups -OCH3 is 1. The maximum Gasteiger partial charge on any atom is 0.322 e. The Kier molecular flexibility index (Phi) is 6.36. The van der Waals surface area contributed by atoms with Crippen molar-refractivity contribution >= 4 is 5.97 Å². The minimum Gasteiger partial charge on any atom is -0.468 e. The van der Waals surface area contributed by atoms with Gasteiger partial charge in [-0.25, -0.2) is 0 Å². The zero-order valence-corrected chi connectivity index (χ0v) is 11.4. The molecule has 0 spiro atoms. The third-order valence-electron chi connectivity index (χ3n) is 2.86. The molecule has 0 aromatic carbocycles. The average Bonchev–Trinajstić information content (AvgIpc) is 2.40. The molecule has 0 bridgehead atoms. The molecule has 0 aliphatic heterocycles. The predicted molar refractivity (Wildman–Crippen MR) is 71.1 cm³/mol. The van der Waals surface area contributed by atoms with E-state index in [-0.39, 0.29) is 12.0 Å². The molecule has 0 saturated carbocycles. The maximum atomic E-state index is 11.6. The highest BCUT2D eigenvalue weighted by Gasteiger charge is 2.17. The lowest BCUT2D eigenvalue weighted by molar-refractivity contribution is -0.143. The molecule has 0 fully saturated rings. The lowest BCUT2D eigenvalue weighted by Gasteiger charge is -2.16. The number of ether oxygens (including phenoxy) is 1. The SMILES string of the molecule is CCCCC(NCc1ccc(C)nc1)C(=O)OC. The van der Waals surface area contributed by atoms with Crippen LogP contribution in [0.4, 0.5) is 0 Å². The first-order chi connectivity index (χ1) is 8.67. The fraction of sp³-hybridized carbons (Fsp3) is 0.571. The summed E-state index contributed by atoms with van der Waals surface area (Å²) in [5, 5.41) is 3.23. The third kappa shape index (κ3) is 4.84. The van der Waals surface area contributed by atoms with Gasteiger partial charge in [-0.3, -0.25) is 9.78 Å². The van der Waals surface area contributed by atoms with Crippen molar-refractivity contribution < 1.29 is 9.53 Å². The van der Waals surface area contributed by atoms with E-state index in [2.05, 4.69) is 17.2 Å². The summed E-state index contributed by atoms with van der Waals surface area (Å²) in [4.78, 5) is 15.8. The van der Waals surface area contributed by atoms with E-state index in [0.29, 0.717) is 6.54 Å². The van der Waals surface area contributed by atoms with Crippen LogP contribution in [0.5, 0.6) is 0 Å². The van der Waals surface area contributed by atoms with Crippen LogP contribution in [-0.4, -0.2) is 24.1 Å². The van der Waals surface area contributed by atoms with Crippen LogP contribution < -0.4 is 5.32 Å². The normalized spacial score (nSPS) is 12.2. The number of pyridine rings is 1. The van der Waals surface area contributed by atoms with Gasteiger partial charge in [0.05, 0.1) is 7.11 Å². The molecule has 100 valence electrons. The fourth-order valence-electron chi connectivity index (χ4n) is 1.70. The Morgan fingerprint density at radius 3 is 2.83 bits per heavy atom. The molecule has 1 N–H and O–H groups in total. The van der Waals surface area contributed by atoms with Crippen LogP contribution in [-0.2, 0) is 16.1 Å². The van der Waals surface area contributed by atoms with Crippen molar-refractivity contribution in [1.82, 2.24) is 10.3 Å². The Labute approximate surface area is 109 Å².